The number of ketones is 1. The van der Waals surface area contributed by atoms with Crippen LogP contribution in [0.1, 0.15) is 17.3 Å². The largest absolute Gasteiger partial charge is 0.480 e. The Labute approximate surface area is 95.5 Å². The van der Waals surface area contributed by atoms with Crippen molar-refractivity contribution in [2.24, 2.45) is 0 Å². The molecule has 88 valence electrons. The second kappa shape index (κ2) is 3.65. The first-order valence-electron chi connectivity index (χ1n) is 4.83. The van der Waals surface area contributed by atoms with Gasteiger partial charge >= 0.3 is 5.97 Å². The third-order valence-corrected chi connectivity index (χ3v) is 2.62. The molecule has 0 aromatic heterocycles. The molecule has 0 radical (unpaired) electrons. The number of hydrogen-bond donors (Lipinski definition) is 1. The number of amides is 1. The molecule has 1 aliphatic heterocycles. The number of fused-ring (bicyclic) bond motifs is 1. The number of carboxylic acids is 1. The minimum absolute atomic E-state index is 0.0944. The normalized spacial score (nSPS) is 16.0. The van der Waals surface area contributed by atoms with Gasteiger partial charge in [0.05, 0.1) is 11.3 Å². The molecule has 17 heavy (non-hydrogen) atoms. The van der Waals surface area contributed by atoms with E-state index in [0.717, 1.165) is 17.0 Å². The molecule has 1 amide bonds. The van der Waals surface area contributed by atoms with Crippen LogP contribution in [0.5, 0.6) is 0 Å². The van der Waals surface area contributed by atoms with E-state index in [4.69, 9.17) is 5.11 Å². The number of anilines is 1. The van der Waals surface area contributed by atoms with Crippen molar-refractivity contribution in [1.29, 1.82) is 0 Å². The Bertz CT molecular complexity index is 540. The van der Waals surface area contributed by atoms with E-state index in [1.807, 2.05) is 0 Å². The predicted molar refractivity (Wildman–Crippen MR) is 55.3 cm³/mol. The molecule has 1 N–H and O–H groups in total. The zero-order valence-electron chi connectivity index (χ0n) is 8.81. The Morgan fingerprint density at radius 2 is 2.06 bits per heavy atom. The Kier molecular flexibility index (Phi) is 2.42. The number of nitrogens with zero attached hydrogens (tertiary/aromatic N) is 1. The number of carbonyl (C=O) groups excluding carboxylic acids is 2. The molecule has 1 atom stereocenters. The molecule has 5 nitrogen and oxygen atoms in total. The molecule has 0 fully saturated rings. The van der Waals surface area contributed by atoms with Crippen LogP contribution >= 0.6 is 0 Å². The second-order valence-corrected chi connectivity index (χ2v) is 3.68. The summed E-state index contributed by atoms with van der Waals surface area (Å²) in [7, 11) is 0. The Hall–Kier alpha value is -2.24. The molecule has 0 saturated heterocycles. The number of aliphatic carboxylic acids is 1. The van der Waals surface area contributed by atoms with Gasteiger partial charge < -0.3 is 5.11 Å². The highest BCUT2D eigenvalue weighted by atomic mass is 19.1. The van der Waals surface area contributed by atoms with Gasteiger partial charge in [-0.25, -0.2) is 9.18 Å². The van der Waals surface area contributed by atoms with Gasteiger partial charge in [0.1, 0.15) is 11.9 Å². The van der Waals surface area contributed by atoms with E-state index in [1.54, 1.807) is 0 Å². The van der Waals surface area contributed by atoms with Crippen LogP contribution in [0, 0.1) is 5.82 Å². The average molecular weight is 237 g/mol. The van der Waals surface area contributed by atoms with Crippen LogP contribution in [0.3, 0.4) is 0 Å². The topological polar surface area (TPSA) is 74.7 Å². The smallest absolute Gasteiger partial charge is 0.326 e. The van der Waals surface area contributed by atoms with E-state index in [1.165, 1.54) is 13.0 Å². The van der Waals surface area contributed by atoms with Gasteiger partial charge in [-0.15, -0.1) is 0 Å². The summed E-state index contributed by atoms with van der Waals surface area (Å²) in [5.41, 5.74) is 0.0411. The highest BCUT2D eigenvalue weighted by Crippen LogP contribution is 2.31. The number of benzene rings is 1. The molecular formula is C11H8FNO4. The number of halogens is 1. The molecule has 6 heteroatoms. The van der Waals surface area contributed by atoms with Gasteiger partial charge in [-0.05, 0) is 25.1 Å². The first-order chi connectivity index (χ1) is 7.93. The van der Waals surface area contributed by atoms with Crippen molar-refractivity contribution in [2.45, 2.75) is 13.0 Å². The second-order valence-electron chi connectivity index (χ2n) is 3.68. The lowest BCUT2D eigenvalue weighted by atomic mass is 10.1. The maximum atomic E-state index is 13.0. The summed E-state index contributed by atoms with van der Waals surface area (Å²) in [6.07, 6.45) is 0. The predicted octanol–water partition coefficient (Wildman–Crippen LogP) is 0.828. The molecule has 1 aliphatic rings. The van der Waals surface area contributed by atoms with Crippen molar-refractivity contribution in [3.05, 3.63) is 29.6 Å². The molecule has 1 aromatic carbocycles. The number of carboxylic acid groups (broad SMARTS) is 1. The lowest BCUT2D eigenvalue weighted by Crippen LogP contribution is -2.42. The first kappa shape index (κ1) is 11.3. The fourth-order valence-electron chi connectivity index (χ4n) is 1.73. The van der Waals surface area contributed by atoms with Gasteiger partial charge in [0.15, 0.2) is 0 Å². The molecule has 0 bridgehead atoms. The molecular weight excluding hydrogens is 229 g/mol. The fourth-order valence-corrected chi connectivity index (χ4v) is 1.73. The van der Waals surface area contributed by atoms with Crippen LogP contribution in [0.15, 0.2) is 18.2 Å². The van der Waals surface area contributed by atoms with Crippen molar-refractivity contribution in [1.82, 2.24) is 0 Å². The van der Waals surface area contributed by atoms with E-state index in [2.05, 4.69) is 0 Å². The maximum absolute atomic E-state index is 13.0. The third-order valence-electron chi connectivity index (χ3n) is 2.62. The van der Waals surface area contributed by atoms with Crippen molar-refractivity contribution in [2.75, 3.05) is 4.90 Å². The number of rotatable bonds is 2. The summed E-state index contributed by atoms with van der Waals surface area (Å²) >= 11 is 0. The van der Waals surface area contributed by atoms with Crippen LogP contribution in [0.2, 0.25) is 0 Å². The average Bonchev–Trinajstić information content (AvgIpc) is 2.51. The summed E-state index contributed by atoms with van der Waals surface area (Å²) in [5, 5.41) is 8.85. The molecule has 0 aliphatic carbocycles. The first-order valence-corrected chi connectivity index (χ1v) is 4.83. The molecule has 0 saturated carbocycles. The fraction of sp³-hybridized carbons (Fsp3) is 0.182. The number of carbonyl (C=O) groups is 3. The minimum atomic E-state index is -1.23. The number of hydrogen-bond acceptors (Lipinski definition) is 3. The van der Waals surface area contributed by atoms with E-state index in [0.29, 0.717) is 0 Å². The van der Waals surface area contributed by atoms with Crippen LogP contribution in [0.4, 0.5) is 10.1 Å². The van der Waals surface area contributed by atoms with E-state index < -0.39 is 29.5 Å². The summed E-state index contributed by atoms with van der Waals surface area (Å²) in [4.78, 5) is 34.8. The van der Waals surface area contributed by atoms with E-state index >= 15 is 0 Å². The third kappa shape index (κ3) is 1.57. The summed E-state index contributed by atoms with van der Waals surface area (Å²) in [5.74, 6) is -3.70. The highest BCUT2D eigenvalue weighted by molar-refractivity contribution is 6.52. The molecule has 1 unspecified atom stereocenters. The van der Waals surface area contributed by atoms with Gasteiger partial charge in [-0.2, -0.15) is 0 Å². The minimum Gasteiger partial charge on any atom is -0.480 e. The maximum Gasteiger partial charge on any atom is 0.326 e. The van der Waals surface area contributed by atoms with Crippen LogP contribution in [-0.2, 0) is 9.59 Å². The van der Waals surface area contributed by atoms with Crippen molar-refractivity contribution in [3.8, 4) is 0 Å². The van der Waals surface area contributed by atoms with Gasteiger partial charge in [-0.1, -0.05) is 0 Å². The quantitative estimate of drug-likeness (QED) is 0.773. The van der Waals surface area contributed by atoms with Crippen molar-refractivity contribution >= 4 is 23.3 Å². The lowest BCUT2D eigenvalue weighted by Gasteiger charge is -2.20. The Morgan fingerprint density at radius 1 is 1.41 bits per heavy atom. The molecule has 1 aromatic rings. The van der Waals surface area contributed by atoms with Crippen molar-refractivity contribution in [3.63, 3.8) is 0 Å². The summed E-state index contributed by atoms with van der Waals surface area (Å²) in [6, 6.07) is 2.07. The van der Waals surface area contributed by atoms with Gasteiger partial charge in [0, 0.05) is 0 Å². The summed E-state index contributed by atoms with van der Waals surface area (Å²) < 4.78 is 13.0. The SMILES string of the molecule is CC(C(=O)O)N1C(=O)C(=O)c2cc(F)ccc21. The van der Waals surface area contributed by atoms with E-state index in [-0.39, 0.29) is 11.3 Å². The molecule has 1 heterocycles. The summed E-state index contributed by atoms with van der Waals surface area (Å²) in [6.45, 7) is 1.28. The van der Waals surface area contributed by atoms with Gasteiger partial charge in [0.25, 0.3) is 11.7 Å². The standard InChI is InChI=1S/C11H8FNO4/c1-5(11(16)17)13-8-3-2-6(12)4-7(8)9(14)10(13)15/h2-5H,1H3,(H,16,17). The molecule has 0 spiro atoms. The number of Topliss-reactive ketones (excluding diaryl/α,β-unsaturated/α-hetero) is 1. The zero-order valence-corrected chi connectivity index (χ0v) is 8.81. The van der Waals surface area contributed by atoms with Crippen LogP contribution < -0.4 is 4.90 Å². The van der Waals surface area contributed by atoms with Gasteiger partial charge in [0.2, 0.25) is 0 Å². The van der Waals surface area contributed by atoms with E-state index in [9.17, 15) is 18.8 Å². The van der Waals surface area contributed by atoms with Crippen molar-refractivity contribution < 1.29 is 23.9 Å². The van der Waals surface area contributed by atoms with Gasteiger partial charge in [-0.3, -0.25) is 14.5 Å². The van der Waals surface area contributed by atoms with Crippen LogP contribution in [-0.4, -0.2) is 28.8 Å². The highest BCUT2D eigenvalue weighted by Gasteiger charge is 2.40. The Balaban J connectivity index is 2.56. The monoisotopic (exact) mass is 237 g/mol. The Morgan fingerprint density at radius 3 is 2.65 bits per heavy atom. The zero-order chi connectivity index (χ0) is 12.7. The van der Waals surface area contributed by atoms with Crippen LogP contribution in [0.25, 0.3) is 0 Å². The molecule has 2 rings (SSSR count). The lowest BCUT2D eigenvalue weighted by molar-refractivity contribution is -0.139.